The Hall–Kier alpha value is -2.86. The van der Waals surface area contributed by atoms with E-state index >= 15 is 0 Å². The fraction of sp³-hybridized carbons (Fsp3) is 0.389. The van der Waals surface area contributed by atoms with Crippen molar-refractivity contribution in [3.63, 3.8) is 0 Å². The summed E-state index contributed by atoms with van der Waals surface area (Å²) in [6.45, 7) is 2.97. The van der Waals surface area contributed by atoms with Crippen molar-refractivity contribution in [3.05, 3.63) is 34.6 Å². The van der Waals surface area contributed by atoms with Crippen molar-refractivity contribution >= 4 is 34.5 Å². The number of carbonyl (C=O) groups excluding carboxylic acids is 2. The van der Waals surface area contributed by atoms with E-state index in [0.29, 0.717) is 10.9 Å². The summed E-state index contributed by atoms with van der Waals surface area (Å²) in [4.78, 5) is 42.6. The molecule has 1 aromatic carbocycles. The minimum absolute atomic E-state index is 0.0342. The molecule has 0 bridgehead atoms. The Labute approximate surface area is 160 Å². The number of rotatable bonds is 6. The third kappa shape index (κ3) is 4.46. The maximum Gasteiger partial charge on any atom is 0.325 e. The van der Waals surface area contributed by atoms with E-state index < -0.39 is 11.5 Å². The van der Waals surface area contributed by atoms with Gasteiger partial charge in [-0.05, 0) is 26.0 Å². The number of carbonyl (C=O) groups is 2. The zero-order valence-electron chi connectivity index (χ0n) is 15.6. The number of ether oxygens (including phenoxy) is 1. The molecule has 27 heavy (non-hydrogen) atoms. The predicted octanol–water partition coefficient (Wildman–Crippen LogP) is 1.42. The van der Waals surface area contributed by atoms with Gasteiger partial charge in [0.2, 0.25) is 5.91 Å². The number of aromatic nitrogens is 2. The summed E-state index contributed by atoms with van der Waals surface area (Å²) in [5.41, 5.74) is -0.865. The predicted molar refractivity (Wildman–Crippen MR) is 101 cm³/mol. The first-order valence-corrected chi connectivity index (χ1v) is 9.07. The second kappa shape index (κ2) is 8.22. The zero-order chi connectivity index (χ0) is 20.2. The number of para-hydroxylation sites is 1. The lowest BCUT2D eigenvalue weighted by Crippen LogP contribution is -2.44. The highest BCUT2D eigenvalue weighted by Crippen LogP contribution is 2.20. The topological polar surface area (TPSA) is 105 Å². The minimum Gasteiger partial charge on any atom is -0.468 e. The largest absolute Gasteiger partial charge is 0.468 e. The Bertz CT molecular complexity index is 977. The van der Waals surface area contributed by atoms with Crippen molar-refractivity contribution < 1.29 is 14.3 Å². The number of nitrogens with zero attached hydrogens (tertiary/aromatic N) is 4. The quantitative estimate of drug-likeness (QED) is 0.419. The average molecular weight is 388 g/mol. The molecule has 0 unspecified atom stereocenters. The third-order valence-corrected chi connectivity index (χ3v) is 5.11. The van der Waals surface area contributed by atoms with Crippen LogP contribution in [0.15, 0.2) is 34.2 Å². The Morgan fingerprint density at radius 1 is 1.37 bits per heavy atom. The summed E-state index contributed by atoms with van der Waals surface area (Å²) in [5.74, 6) is -0.920. The summed E-state index contributed by atoms with van der Waals surface area (Å²) in [6, 6.07) is 8.84. The van der Waals surface area contributed by atoms with Crippen LogP contribution < -0.4 is 5.56 Å². The number of fused-ring (bicyclic) bond motifs is 1. The summed E-state index contributed by atoms with van der Waals surface area (Å²) in [5, 5.41) is 9.78. The molecule has 0 aliphatic carbocycles. The van der Waals surface area contributed by atoms with E-state index in [2.05, 4.69) is 15.8 Å². The highest BCUT2D eigenvalue weighted by molar-refractivity contribution is 7.99. The molecule has 1 heterocycles. The lowest BCUT2D eigenvalue weighted by atomic mass is 10.1. The van der Waals surface area contributed by atoms with Crippen molar-refractivity contribution in [2.75, 3.05) is 19.9 Å². The number of hydrogen-bond donors (Lipinski definition) is 0. The van der Waals surface area contributed by atoms with Gasteiger partial charge in [0.25, 0.3) is 5.56 Å². The molecular formula is C18H20N4O4S. The molecule has 1 aromatic heterocycles. The van der Waals surface area contributed by atoms with Crippen molar-refractivity contribution in [2.24, 2.45) is 0 Å². The fourth-order valence-corrected chi connectivity index (χ4v) is 3.11. The smallest absolute Gasteiger partial charge is 0.325 e. The minimum atomic E-state index is -0.958. The molecule has 1 amide bonds. The maximum atomic E-state index is 12.7. The molecule has 0 radical (unpaired) electrons. The highest BCUT2D eigenvalue weighted by Gasteiger charge is 2.27. The van der Waals surface area contributed by atoms with Gasteiger partial charge >= 0.3 is 5.97 Å². The Kier molecular flexibility index (Phi) is 6.23. The highest BCUT2D eigenvalue weighted by atomic mass is 32.2. The van der Waals surface area contributed by atoms with Crippen LogP contribution in [0.5, 0.6) is 0 Å². The number of esters is 1. The van der Waals surface area contributed by atoms with E-state index in [4.69, 9.17) is 5.26 Å². The number of thioether (sulfide) groups is 1. The summed E-state index contributed by atoms with van der Waals surface area (Å²) >= 11 is 1.04. The first kappa shape index (κ1) is 20.5. The number of benzene rings is 1. The second-order valence-corrected chi connectivity index (χ2v) is 7.23. The van der Waals surface area contributed by atoms with Gasteiger partial charge in [0.1, 0.15) is 12.1 Å². The molecule has 0 saturated heterocycles. The van der Waals surface area contributed by atoms with E-state index in [9.17, 15) is 14.4 Å². The van der Waals surface area contributed by atoms with E-state index in [1.807, 2.05) is 0 Å². The monoisotopic (exact) mass is 388 g/mol. The van der Waals surface area contributed by atoms with Crippen molar-refractivity contribution in [1.29, 1.82) is 5.26 Å². The van der Waals surface area contributed by atoms with Crippen LogP contribution in [0.4, 0.5) is 0 Å². The molecule has 0 fully saturated rings. The van der Waals surface area contributed by atoms with Crippen LogP contribution in [0.2, 0.25) is 0 Å². The van der Waals surface area contributed by atoms with Crippen molar-refractivity contribution in [1.82, 2.24) is 14.5 Å². The van der Waals surface area contributed by atoms with Crippen molar-refractivity contribution in [2.45, 2.75) is 31.1 Å². The molecule has 142 valence electrons. The van der Waals surface area contributed by atoms with Gasteiger partial charge in [-0.25, -0.2) is 4.98 Å². The lowest BCUT2D eigenvalue weighted by Gasteiger charge is -2.29. The van der Waals surface area contributed by atoms with Crippen LogP contribution in [0.3, 0.4) is 0 Å². The third-order valence-electron chi connectivity index (χ3n) is 4.15. The number of methoxy groups -OCH3 is 1. The van der Waals surface area contributed by atoms with Crippen LogP contribution >= 0.6 is 11.8 Å². The van der Waals surface area contributed by atoms with Gasteiger partial charge in [-0.1, -0.05) is 23.9 Å². The molecule has 0 aliphatic rings. The second-order valence-electron chi connectivity index (χ2n) is 6.29. The average Bonchev–Trinajstić information content (AvgIpc) is 2.67. The Morgan fingerprint density at radius 3 is 2.67 bits per heavy atom. The molecule has 2 aromatic rings. The van der Waals surface area contributed by atoms with Crippen LogP contribution in [0.1, 0.15) is 13.8 Å². The van der Waals surface area contributed by atoms with Gasteiger partial charge in [0, 0.05) is 7.05 Å². The van der Waals surface area contributed by atoms with E-state index in [0.717, 1.165) is 11.8 Å². The van der Waals surface area contributed by atoms with E-state index in [1.54, 1.807) is 45.2 Å². The van der Waals surface area contributed by atoms with Gasteiger partial charge in [-0.2, -0.15) is 5.26 Å². The van der Waals surface area contributed by atoms with Crippen molar-refractivity contribution in [3.8, 4) is 6.07 Å². The molecule has 8 nitrogen and oxygen atoms in total. The van der Waals surface area contributed by atoms with Gasteiger partial charge < -0.3 is 9.64 Å². The maximum absolute atomic E-state index is 12.7. The first-order chi connectivity index (χ1) is 12.7. The molecule has 0 spiro atoms. The zero-order valence-corrected chi connectivity index (χ0v) is 16.4. The summed E-state index contributed by atoms with van der Waals surface area (Å²) in [7, 11) is 2.78. The van der Waals surface area contributed by atoms with Crippen LogP contribution in [0, 0.1) is 11.3 Å². The molecular weight excluding hydrogens is 368 g/mol. The van der Waals surface area contributed by atoms with Gasteiger partial charge in [0.05, 0.1) is 29.8 Å². The lowest BCUT2D eigenvalue weighted by molar-refractivity contribution is -0.141. The van der Waals surface area contributed by atoms with E-state index in [1.165, 1.54) is 16.6 Å². The molecule has 9 heteroatoms. The molecule has 2 rings (SSSR count). The standard InChI is InChI=1S/C18H20N4O4S/c1-18(2,11-19)21(3)14(23)10-27-17-20-13-8-6-5-7-12(13)16(25)22(17)9-15(24)26-4/h5-8H,9-10H2,1-4H3. The van der Waals surface area contributed by atoms with E-state index in [-0.39, 0.29) is 28.9 Å². The Balaban J connectivity index is 2.37. The SMILES string of the molecule is COC(=O)Cn1c(SCC(=O)N(C)C(C)(C)C#N)nc2ccccc2c1=O. The van der Waals surface area contributed by atoms with Crippen LogP contribution in [0.25, 0.3) is 10.9 Å². The van der Waals surface area contributed by atoms with Gasteiger partial charge in [-0.15, -0.1) is 0 Å². The molecule has 0 N–H and O–H groups in total. The number of amides is 1. The first-order valence-electron chi connectivity index (χ1n) is 8.08. The van der Waals surface area contributed by atoms with Crippen LogP contribution in [-0.2, 0) is 20.9 Å². The Morgan fingerprint density at radius 2 is 2.04 bits per heavy atom. The number of hydrogen-bond acceptors (Lipinski definition) is 7. The fourth-order valence-electron chi connectivity index (χ4n) is 2.20. The number of nitriles is 1. The summed E-state index contributed by atoms with van der Waals surface area (Å²) < 4.78 is 5.85. The van der Waals surface area contributed by atoms with Gasteiger partial charge in [0.15, 0.2) is 5.16 Å². The van der Waals surface area contributed by atoms with Gasteiger partial charge in [-0.3, -0.25) is 19.0 Å². The molecule has 0 aliphatic heterocycles. The summed E-state index contributed by atoms with van der Waals surface area (Å²) in [6.07, 6.45) is 0. The normalized spacial score (nSPS) is 11.1. The molecule has 0 atom stereocenters. The van der Waals surface area contributed by atoms with Crippen LogP contribution in [-0.4, -0.2) is 51.8 Å². The molecule has 0 saturated carbocycles.